The summed E-state index contributed by atoms with van der Waals surface area (Å²) in [5.74, 6) is -0.274. The number of nitrogens with one attached hydrogen (secondary N) is 2. The molecule has 0 saturated carbocycles. The van der Waals surface area contributed by atoms with Crippen molar-refractivity contribution in [2.75, 3.05) is 5.73 Å². The minimum Gasteiger partial charge on any atom is -0.366 e. The lowest BCUT2D eigenvalue weighted by molar-refractivity contribution is 0.0930. The molecular weight excluding hydrogens is 254 g/mol. The Kier molecular flexibility index (Phi) is 3.47. The molecule has 1 atom stereocenters. The molecule has 0 aliphatic rings. The average Bonchev–Trinajstić information content (AvgIpc) is 2.76. The second-order valence-electron chi connectivity index (χ2n) is 3.76. The number of anilines is 1. The van der Waals surface area contributed by atoms with Crippen molar-refractivity contribution in [2.45, 2.75) is 13.0 Å². The Morgan fingerprint density at radius 3 is 2.83 bits per heavy atom. The van der Waals surface area contributed by atoms with Crippen molar-refractivity contribution in [1.29, 1.82) is 0 Å². The van der Waals surface area contributed by atoms with Crippen LogP contribution in [0.3, 0.4) is 0 Å². The number of nitrogens with zero attached hydrogens (tertiary/aromatic N) is 2. The summed E-state index contributed by atoms with van der Waals surface area (Å²) in [5.41, 5.74) is 6.16. The topological polar surface area (TPSA) is 96.7 Å². The first kappa shape index (κ1) is 12.4. The van der Waals surface area contributed by atoms with Gasteiger partial charge in [-0.2, -0.15) is 4.98 Å². The zero-order valence-electron chi connectivity index (χ0n) is 9.64. The quantitative estimate of drug-likeness (QED) is 0.784. The number of H-pyrrole nitrogens is 1. The minimum atomic E-state index is -0.383. The van der Waals surface area contributed by atoms with E-state index in [0.717, 1.165) is 5.56 Å². The van der Waals surface area contributed by atoms with Crippen molar-refractivity contribution in [3.8, 4) is 0 Å². The lowest BCUT2D eigenvalue weighted by atomic mass is 10.1. The molecule has 18 heavy (non-hydrogen) atoms. The zero-order valence-corrected chi connectivity index (χ0v) is 10.4. The van der Waals surface area contributed by atoms with E-state index in [1.54, 1.807) is 6.07 Å². The van der Waals surface area contributed by atoms with E-state index in [-0.39, 0.29) is 23.7 Å². The third kappa shape index (κ3) is 2.60. The molecule has 94 valence electrons. The van der Waals surface area contributed by atoms with E-state index in [1.165, 1.54) is 0 Å². The van der Waals surface area contributed by atoms with Gasteiger partial charge in [-0.1, -0.05) is 29.8 Å². The molecule has 0 fully saturated rings. The van der Waals surface area contributed by atoms with E-state index < -0.39 is 0 Å². The first-order valence-electron chi connectivity index (χ1n) is 5.31. The predicted octanol–water partition coefficient (Wildman–Crippen LogP) is 1.53. The van der Waals surface area contributed by atoms with Crippen LogP contribution in [0.4, 0.5) is 5.95 Å². The maximum Gasteiger partial charge on any atom is 0.289 e. The fourth-order valence-electron chi connectivity index (χ4n) is 1.55. The fourth-order valence-corrected chi connectivity index (χ4v) is 1.84. The van der Waals surface area contributed by atoms with Crippen molar-refractivity contribution in [3.05, 3.63) is 40.7 Å². The number of rotatable bonds is 3. The number of hydrogen-bond acceptors (Lipinski definition) is 4. The Bertz CT molecular complexity index is 568. The van der Waals surface area contributed by atoms with Gasteiger partial charge in [-0.25, -0.2) is 0 Å². The normalized spacial score (nSPS) is 12.1. The van der Waals surface area contributed by atoms with Crippen LogP contribution in [0.15, 0.2) is 24.3 Å². The summed E-state index contributed by atoms with van der Waals surface area (Å²) in [6, 6.07) is 7.07. The van der Waals surface area contributed by atoms with Gasteiger partial charge in [0.2, 0.25) is 11.8 Å². The van der Waals surface area contributed by atoms with Crippen LogP contribution < -0.4 is 11.1 Å². The summed E-state index contributed by atoms with van der Waals surface area (Å²) < 4.78 is 0. The van der Waals surface area contributed by atoms with Crippen molar-refractivity contribution in [1.82, 2.24) is 20.5 Å². The van der Waals surface area contributed by atoms with Gasteiger partial charge in [0.1, 0.15) is 0 Å². The third-order valence-electron chi connectivity index (χ3n) is 2.44. The lowest BCUT2D eigenvalue weighted by Crippen LogP contribution is -2.27. The van der Waals surface area contributed by atoms with Crippen molar-refractivity contribution < 1.29 is 4.79 Å². The number of carbonyl (C=O) groups excluding carboxylic acids is 1. The molecule has 0 saturated heterocycles. The molecule has 0 spiro atoms. The number of aromatic nitrogens is 3. The van der Waals surface area contributed by atoms with Gasteiger partial charge in [0.25, 0.3) is 5.91 Å². The molecule has 1 aromatic carbocycles. The second kappa shape index (κ2) is 5.05. The Labute approximate surface area is 109 Å². The molecule has 1 heterocycles. The molecule has 1 aromatic heterocycles. The molecule has 7 heteroatoms. The Morgan fingerprint density at radius 2 is 2.22 bits per heavy atom. The number of hydrogen-bond donors (Lipinski definition) is 3. The Hall–Kier alpha value is -2.08. The van der Waals surface area contributed by atoms with E-state index in [2.05, 4.69) is 20.5 Å². The van der Waals surface area contributed by atoms with Crippen LogP contribution in [0, 0.1) is 0 Å². The van der Waals surface area contributed by atoms with Crippen LogP contribution in [0.5, 0.6) is 0 Å². The number of benzene rings is 1. The van der Waals surface area contributed by atoms with Gasteiger partial charge in [-0.05, 0) is 18.6 Å². The van der Waals surface area contributed by atoms with Crippen LogP contribution in [0.25, 0.3) is 0 Å². The zero-order chi connectivity index (χ0) is 13.1. The standard InChI is InChI=1S/C11H12ClN5O/c1-6(7-4-2-3-5-8(7)12)14-10(18)9-15-11(13)17-16-9/h2-6H,1H3,(H,14,18)(H3,13,15,16,17). The Balaban J connectivity index is 2.10. The molecule has 0 aliphatic heterocycles. The molecule has 0 bridgehead atoms. The number of halogens is 1. The van der Waals surface area contributed by atoms with Gasteiger partial charge in [0, 0.05) is 5.02 Å². The van der Waals surface area contributed by atoms with Gasteiger partial charge in [0.05, 0.1) is 6.04 Å². The van der Waals surface area contributed by atoms with Gasteiger partial charge in [-0.3, -0.25) is 9.89 Å². The van der Waals surface area contributed by atoms with Crippen LogP contribution in [0.2, 0.25) is 5.02 Å². The molecule has 6 nitrogen and oxygen atoms in total. The van der Waals surface area contributed by atoms with E-state index in [1.807, 2.05) is 25.1 Å². The highest BCUT2D eigenvalue weighted by Gasteiger charge is 2.16. The summed E-state index contributed by atoms with van der Waals surface area (Å²) in [6.45, 7) is 1.83. The molecule has 1 unspecified atom stereocenters. The van der Waals surface area contributed by atoms with Crippen LogP contribution in [-0.4, -0.2) is 21.1 Å². The Morgan fingerprint density at radius 1 is 1.50 bits per heavy atom. The van der Waals surface area contributed by atoms with Gasteiger partial charge in [0.15, 0.2) is 0 Å². The number of carbonyl (C=O) groups is 1. The van der Waals surface area contributed by atoms with Gasteiger partial charge < -0.3 is 11.1 Å². The number of amides is 1. The molecule has 2 aromatic rings. The summed E-state index contributed by atoms with van der Waals surface area (Å²) in [4.78, 5) is 15.6. The first-order valence-corrected chi connectivity index (χ1v) is 5.69. The fraction of sp³-hybridized carbons (Fsp3) is 0.182. The molecule has 1 amide bonds. The van der Waals surface area contributed by atoms with Crippen LogP contribution in [0.1, 0.15) is 29.1 Å². The van der Waals surface area contributed by atoms with E-state index in [0.29, 0.717) is 5.02 Å². The van der Waals surface area contributed by atoms with Crippen LogP contribution in [-0.2, 0) is 0 Å². The largest absolute Gasteiger partial charge is 0.366 e. The predicted molar refractivity (Wildman–Crippen MR) is 68.1 cm³/mol. The maximum absolute atomic E-state index is 11.8. The summed E-state index contributed by atoms with van der Waals surface area (Å²) in [5, 5.41) is 9.39. The summed E-state index contributed by atoms with van der Waals surface area (Å²) in [6.07, 6.45) is 0. The average molecular weight is 266 g/mol. The van der Waals surface area contributed by atoms with Crippen LogP contribution >= 0.6 is 11.6 Å². The van der Waals surface area contributed by atoms with Crippen molar-refractivity contribution in [2.24, 2.45) is 0 Å². The number of nitrogens with two attached hydrogens (primary N) is 1. The SMILES string of the molecule is CC(NC(=O)c1nc(N)n[nH]1)c1ccccc1Cl. The third-order valence-corrected chi connectivity index (χ3v) is 2.78. The van der Waals surface area contributed by atoms with Gasteiger partial charge >= 0.3 is 0 Å². The summed E-state index contributed by atoms with van der Waals surface area (Å²) in [7, 11) is 0. The van der Waals surface area contributed by atoms with Crippen molar-refractivity contribution >= 4 is 23.5 Å². The minimum absolute atomic E-state index is 0.0329. The first-order chi connectivity index (χ1) is 8.58. The number of aromatic amines is 1. The highest BCUT2D eigenvalue weighted by Crippen LogP contribution is 2.22. The number of nitrogen functional groups attached to an aromatic ring is 1. The smallest absolute Gasteiger partial charge is 0.289 e. The molecular formula is C11H12ClN5O. The highest BCUT2D eigenvalue weighted by molar-refractivity contribution is 6.31. The monoisotopic (exact) mass is 265 g/mol. The van der Waals surface area contributed by atoms with E-state index >= 15 is 0 Å². The van der Waals surface area contributed by atoms with E-state index in [4.69, 9.17) is 17.3 Å². The molecule has 0 aliphatic carbocycles. The maximum atomic E-state index is 11.8. The lowest BCUT2D eigenvalue weighted by Gasteiger charge is -2.14. The molecule has 0 radical (unpaired) electrons. The second-order valence-corrected chi connectivity index (χ2v) is 4.17. The highest BCUT2D eigenvalue weighted by atomic mass is 35.5. The summed E-state index contributed by atoms with van der Waals surface area (Å²) >= 11 is 6.05. The molecule has 2 rings (SSSR count). The van der Waals surface area contributed by atoms with Gasteiger partial charge in [-0.15, -0.1) is 5.10 Å². The van der Waals surface area contributed by atoms with E-state index in [9.17, 15) is 4.79 Å². The molecule has 4 N–H and O–H groups in total. The van der Waals surface area contributed by atoms with Crippen molar-refractivity contribution in [3.63, 3.8) is 0 Å².